The Morgan fingerprint density at radius 2 is 2.04 bits per heavy atom. The number of H-pyrrole nitrogens is 1. The molecule has 1 fully saturated rings. The van der Waals surface area contributed by atoms with Crippen LogP contribution in [0.3, 0.4) is 0 Å². The minimum absolute atomic E-state index is 0.0235. The van der Waals surface area contributed by atoms with E-state index in [0.717, 1.165) is 5.56 Å². The molecule has 1 atom stereocenters. The lowest BCUT2D eigenvalue weighted by Gasteiger charge is -2.31. The molecule has 26 heavy (non-hydrogen) atoms. The number of anilines is 1. The zero-order chi connectivity index (χ0) is 18.9. The van der Waals surface area contributed by atoms with Crippen LogP contribution in [0.15, 0.2) is 24.3 Å². The van der Waals surface area contributed by atoms with E-state index < -0.39 is 5.92 Å². The third-order valence-electron chi connectivity index (χ3n) is 4.36. The van der Waals surface area contributed by atoms with Crippen LogP contribution >= 0.6 is 0 Å². The van der Waals surface area contributed by atoms with Gasteiger partial charge < -0.3 is 4.90 Å². The van der Waals surface area contributed by atoms with Crippen LogP contribution in [0, 0.1) is 11.7 Å². The maximum absolute atomic E-state index is 12.9. The number of rotatable bonds is 4. The van der Waals surface area contributed by atoms with Crippen molar-refractivity contribution in [3.05, 3.63) is 41.5 Å². The van der Waals surface area contributed by atoms with Crippen LogP contribution in [0.25, 0.3) is 0 Å². The van der Waals surface area contributed by atoms with Crippen molar-refractivity contribution in [2.24, 2.45) is 5.92 Å². The number of likely N-dealkylation sites (tertiary alicyclic amines) is 1. The number of hydrogen-bond acceptors (Lipinski definition) is 4. The van der Waals surface area contributed by atoms with E-state index in [-0.39, 0.29) is 35.5 Å². The Morgan fingerprint density at radius 3 is 2.65 bits per heavy atom. The first-order valence-electron chi connectivity index (χ1n) is 8.49. The largest absolute Gasteiger partial charge is 0.337 e. The summed E-state index contributed by atoms with van der Waals surface area (Å²) < 4.78 is 12.9. The number of hydrogen-bond donors (Lipinski definition) is 2. The van der Waals surface area contributed by atoms with E-state index in [2.05, 4.69) is 20.5 Å². The molecule has 0 bridgehead atoms. The highest BCUT2D eigenvalue weighted by molar-refractivity contribution is 5.96. The summed E-state index contributed by atoms with van der Waals surface area (Å²) in [5.74, 6) is -0.267. The first-order valence-corrected chi connectivity index (χ1v) is 8.49. The lowest BCUT2D eigenvalue weighted by molar-refractivity contribution is -0.131. The van der Waals surface area contributed by atoms with Gasteiger partial charge in [-0.05, 0) is 38.5 Å². The Balaban J connectivity index is 1.60. The second-order valence-electron chi connectivity index (χ2n) is 7.47. The number of carbonyl (C=O) groups is 2. The number of nitrogens with one attached hydrogen (secondary N) is 2. The second-order valence-corrected chi connectivity index (χ2v) is 7.47. The van der Waals surface area contributed by atoms with Gasteiger partial charge in [0.25, 0.3) is 0 Å². The molecular formula is C18H22FN5O2. The first-order chi connectivity index (χ1) is 12.2. The summed E-state index contributed by atoms with van der Waals surface area (Å²) in [4.78, 5) is 30.5. The van der Waals surface area contributed by atoms with Crippen molar-refractivity contribution >= 4 is 17.8 Å². The van der Waals surface area contributed by atoms with Gasteiger partial charge >= 0.3 is 0 Å². The number of nitrogens with zero attached hydrogens (tertiary/aromatic N) is 3. The predicted octanol–water partition coefficient (Wildman–Crippen LogP) is 2.12. The van der Waals surface area contributed by atoms with Crippen molar-refractivity contribution < 1.29 is 14.0 Å². The van der Waals surface area contributed by atoms with E-state index in [0.29, 0.717) is 18.8 Å². The minimum Gasteiger partial charge on any atom is -0.337 e. The van der Waals surface area contributed by atoms with Crippen LogP contribution in [-0.4, -0.2) is 44.0 Å². The zero-order valence-electron chi connectivity index (χ0n) is 15.0. The van der Waals surface area contributed by atoms with Crippen molar-refractivity contribution in [3.63, 3.8) is 0 Å². The maximum Gasteiger partial charge on any atom is 0.248 e. The minimum atomic E-state index is -0.416. The summed E-state index contributed by atoms with van der Waals surface area (Å²) in [6.07, 6.45) is 0.638. The van der Waals surface area contributed by atoms with E-state index in [1.165, 1.54) is 12.1 Å². The Morgan fingerprint density at radius 1 is 1.35 bits per heavy atom. The van der Waals surface area contributed by atoms with Crippen LogP contribution in [0.4, 0.5) is 10.3 Å². The van der Waals surface area contributed by atoms with E-state index in [1.807, 2.05) is 20.8 Å². The molecular weight excluding hydrogens is 337 g/mol. The average molecular weight is 359 g/mol. The van der Waals surface area contributed by atoms with E-state index in [9.17, 15) is 14.0 Å². The summed E-state index contributed by atoms with van der Waals surface area (Å²) in [5, 5.41) is 9.41. The molecule has 2 heterocycles. The predicted molar refractivity (Wildman–Crippen MR) is 93.8 cm³/mol. The Kier molecular flexibility index (Phi) is 4.76. The highest BCUT2D eigenvalue weighted by Crippen LogP contribution is 2.26. The molecule has 1 aromatic heterocycles. The van der Waals surface area contributed by atoms with Gasteiger partial charge in [0.05, 0.1) is 5.92 Å². The van der Waals surface area contributed by atoms with Crippen molar-refractivity contribution in [1.29, 1.82) is 0 Å². The Hall–Kier alpha value is -2.77. The van der Waals surface area contributed by atoms with Gasteiger partial charge in [-0.3, -0.25) is 20.0 Å². The number of aromatic amines is 1. The molecule has 138 valence electrons. The zero-order valence-corrected chi connectivity index (χ0v) is 15.0. The first kappa shape index (κ1) is 18.0. The Bertz CT molecular complexity index is 810. The third-order valence-corrected chi connectivity index (χ3v) is 4.36. The molecule has 0 spiro atoms. The van der Waals surface area contributed by atoms with Crippen molar-refractivity contribution in [1.82, 2.24) is 20.1 Å². The molecule has 2 amide bonds. The number of aromatic nitrogens is 3. The molecule has 1 aromatic carbocycles. The van der Waals surface area contributed by atoms with Crippen LogP contribution < -0.4 is 5.32 Å². The molecule has 0 aliphatic carbocycles. The van der Waals surface area contributed by atoms with Gasteiger partial charge in [0.15, 0.2) is 0 Å². The van der Waals surface area contributed by atoms with Crippen LogP contribution in [0.1, 0.15) is 38.6 Å². The van der Waals surface area contributed by atoms with Crippen LogP contribution in [-0.2, 0) is 16.0 Å². The standard InChI is InChI=1S/C18H22FN5O2/c1-18(2,3)24-10-12(9-15(24)25)16(26)21-17-20-14(22-23-17)8-11-4-6-13(19)7-5-11/h4-7,12H,8-10H2,1-3H3,(H2,20,21,22,23,26). The molecule has 1 aliphatic heterocycles. The second kappa shape index (κ2) is 6.86. The molecule has 1 aliphatic rings. The molecule has 2 N–H and O–H groups in total. The van der Waals surface area contributed by atoms with E-state index in [4.69, 9.17) is 0 Å². The number of carbonyl (C=O) groups excluding carboxylic acids is 2. The summed E-state index contributed by atoms with van der Waals surface area (Å²) in [5.41, 5.74) is 0.571. The van der Waals surface area contributed by atoms with E-state index in [1.54, 1.807) is 17.0 Å². The molecule has 1 saturated heterocycles. The van der Waals surface area contributed by atoms with Gasteiger partial charge in [-0.1, -0.05) is 12.1 Å². The lowest BCUT2D eigenvalue weighted by Crippen LogP contribution is -2.42. The number of benzene rings is 1. The average Bonchev–Trinajstić information content (AvgIpc) is 3.16. The number of amides is 2. The fourth-order valence-electron chi connectivity index (χ4n) is 2.97. The summed E-state index contributed by atoms with van der Waals surface area (Å²) in [6.45, 7) is 6.23. The fraction of sp³-hybridized carbons (Fsp3) is 0.444. The van der Waals surface area contributed by atoms with Gasteiger partial charge in [-0.2, -0.15) is 4.98 Å². The molecule has 1 unspecified atom stereocenters. The van der Waals surface area contributed by atoms with Gasteiger partial charge in [0, 0.05) is 24.9 Å². The van der Waals surface area contributed by atoms with Crippen molar-refractivity contribution in [2.45, 2.75) is 39.2 Å². The molecule has 8 heteroatoms. The van der Waals surface area contributed by atoms with Gasteiger partial charge in [0.2, 0.25) is 17.8 Å². The summed E-state index contributed by atoms with van der Waals surface area (Å²) >= 11 is 0. The highest BCUT2D eigenvalue weighted by Gasteiger charge is 2.39. The van der Waals surface area contributed by atoms with E-state index >= 15 is 0 Å². The summed E-state index contributed by atoms with van der Waals surface area (Å²) in [6, 6.07) is 6.10. The monoisotopic (exact) mass is 359 g/mol. The summed E-state index contributed by atoms with van der Waals surface area (Å²) in [7, 11) is 0. The molecule has 7 nitrogen and oxygen atoms in total. The Labute approximate surface area is 151 Å². The number of halogens is 1. The molecule has 0 saturated carbocycles. The quantitative estimate of drug-likeness (QED) is 0.875. The van der Waals surface area contributed by atoms with Crippen molar-refractivity contribution in [3.8, 4) is 0 Å². The van der Waals surface area contributed by atoms with Gasteiger partial charge in [-0.15, -0.1) is 5.10 Å². The molecule has 2 aromatic rings. The fourth-order valence-corrected chi connectivity index (χ4v) is 2.97. The van der Waals surface area contributed by atoms with Gasteiger partial charge in [-0.25, -0.2) is 4.39 Å². The highest BCUT2D eigenvalue weighted by atomic mass is 19.1. The van der Waals surface area contributed by atoms with Crippen LogP contribution in [0.5, 0.6) is 0 Å². The smallest absolute Gasteiger partial charge is 0.248 e. The van der Waals surface area contributed by atoms with Gasteiger partial charge in [0.1, 0.15) is 11.6 Å². The molecule has 3 rings (SSSR count). The third kappa shape index (κ3) is 4.07. The lowest BCUT2D eigenvalue weighted by atomic mass is 10.1. The topological polar surface area (TPSA) is 91.0 Å². The normalized spacial score (nSPS) is 17.6. The molecule has 0 radical (unpaired) electrons. The van der Waals surface area contributed by atoms with Crippen LogP contribution in [0.2, 0.25) is 0 Å². The maximum atomic E-state index is 12.9. The van der Waals surface area contributed by atoms with Crippen molar-refractivity contribution in [2.75, 3.05) is 11.9 Å². The SMILES string of the molecule is CC(C)(C)N1CC(C(=O)Nc2n[nH]c(Cc3ccc(F)cc3)n2)CC1=O.